The number of carbonyl (C=O) groups is 2. The molecule has 2 aliphatic rings. The van der Waals surface area contributed by atoms with Gasteiger partial charge in [-0.15, -0.1) is 0 Å². The minimum absolute atomic E-state index is 0.151. The zero-order valence-corrected chi connectivity index (χ0v) is 18.3. The van der Waals surface area contributed by atoms with Gasteiger partial charge in [-0.2, -0.15) is 0 Å². The van der Waals surface area contributed by atoms with Gasteiger partial charge in [0.2, 0.25) is 0 Å². The lowest BCUT2D eigenvalue weighted by Crippen LogP contribution is -2.34. The van der Waals surface area contributed by atoms with Crippen LogP contribution in [0.3, 0.4) is 0 Å². The number of carbonyl (C=O) groups excluding carboxylic acids is 2. The third-order valence-electron chi connectivity index (χ3n) is 6.91. The molecule has 0 aromatic heterocycles. The lowest BCUT2D eigenvalue weighted by atomic mass is 9.73. The molecular weight excluding hydrogens is 356 g/mol. The van der Waals surface area contributed by atoms with E-state index < -0.39 is 0 Å². The SMILES string of the molecule is Cc1cc(C)c(C(=O)[C@@H]2[C@H](C(=O)c3c(C)cc(C)cc3C)[C@@H]3C=C[C@H]2C3)c(C)c1. The Hall–Kier alpha value is -2.48. The molecule has 0 N–H and O–H groups in total. The highest BCUT2D eigenvalue weighted by Crippen LogP contribution is 2.51. The fourth-order valence-corrected chi connectivity index (χ4v) is 6.01. The van der Waals surface area contributed by atoms with Crippen LogP contribution < -0.4 is 0 Å². The molecule has 1 saturated carbocycles. The van der Waals surface area contributed by atoms with E-state index in [0.717, 1.165) is 39.8 Å². The number of benzene rings is 2. The van der Waals surface area contributed by atoms with Gasteiger partial charge in [-0.05, 0) is 82.1 Å². The van der Waals surface area contributed by atoms with E-state index in [1.165, 1.54) is 11.1 Å². The van der Waals surface area contributed by atoms with Crippen molar-refractivity contribution in [2.45, 2.75) is 48.0 Å². The minimum atomic E-state index is -0.252. The number of hydrogen-bond donors (Lipinski definition) is 0. The fraction of sp³-hybridized carbons (Fsp3) is 0.407. The molecule has 2 bridgehead atoms. The zero-order chi connectivity index (χ0) is 21.0. The lowest BCUT2D eigenvalue weighted by Gasteiger charge is -2.28. The van der Waals surface area contributed by atoms with Crippen molar-refractivity contribution in [2.24, 2.45) is 23.7 Å². The number of ketones is 2. The predicted molar refractivity (Wildman–Crippen MR) is 118 cm³/mol. The molecule has 2 heteroatoms. The Morgan fingerprint density at radius 1 is 0.621 bits per heavy atom. The van der Waals surface area contributed by atoms with Gasteiger partial charge < -0.3 is 0 Å². The van der Waals surface area contributed by atoms with Crippen LogP contribution in [0.25, 0.3) is 0 Å². The van der Waals surface area contributed by atoms with E-state index in [4.69, 9.17) is 0 Å². The van der Waals surface area contributed by atoms with E-state index >= 15 is 0 Å². The van der Waals surface area contributed by atoms with Gasteiger partial charge in [0.25, 0.3) is 0 Å². The Kier molecular flexibility index (Phi) is 4.85. The van der Waals surface area contributed by atoms with Crippen molar-refractivity contribution in [3.63, 3.8) is 0 Å². The molecule has 0 spiro atoms. The Labute approximate surface area is 174 Å². The Morgan fingerprint density at radius 3 is 1.24 bits per heavy atom. The van der Waals surface area contributed by atoms with E-state index in [-0.39, 0.29) is 35.2 Å². The molecule has 0 saturated heterocycles. The third-order valence-corrected chi connectivity index (χ3v) is 6.91. The monoisotopic (exact) mass is 386 g/mol. The van der Waals surface area contributed by atoms with Gasteiger partial charge in [-0.25, -0.2) is 0 Å². The van der Waals surface area contributed by atoms with E-state index in [1.54, 1.807) is 0 Å². The van der Waals surface area contributed by atoms with Crippen LogP contribution in [0.2, 0.25) is 0 Å². The van der Waals surface area contributed by atoms with E-state index in [0.29, 0.717) is 0 Å². The average molecular weight is 387 g/mol. The van der Waals surface area contributed by atoms with Gasteiger partial charge in [0.05, 0.1) is 0 Å². The maximum atomic E-state index is 13.8. The first-order valence-corrected chi connectivity index (χ1v) is 10.6. The van der Waals surface area contributed by atoms with Gasteiger partial charge in [0, 0.05) is 23.0 Å². The summed E-state index contributed by atoms with van der Waals surface area (Å²) < 4.78 is 0. The molecule has 4 atom stereocenters. The molecule has 0 unspecified atom stereocenters. The summed E-state index contributed by atoms with van der Waals surface area (Å²) in [5, 5.41) is 0. The number of hydrogen-bond acceptors (Lipinski definition) is 2. The van der Waals surface area contributed by atoms with Gasteiger partial charge in [0.1, 0.15) is 0 Å². The number of rotatable bonds is 4. The number of fused-ring (bicyclic) bond motifs is 2. The molecule has 2 aromatic carbocycles. The number of allylic oxidation sites excluding steroid dienone is 2. The first kappa shape index (κ1) is 19.8. The maximum Gasteiger partial charge on any atom is 0.167 e. The molecule has 4 rings (SSSR count). The first-order valence-electron chi connectivity index (χ1n) is 10.6. The molecule has 2 aromatic rings. The summed E-state index contributed by atoms with van der Waals surface area (Å²) in [7, 11) is 0. The molecule has 0 radical (unpaired) electrons. The standard InChI is InChI=1S/C27H30O2/c1-14-9-16(3)22(17(4)10-14)26(28)24-20-7-8-21(13-20)25(24)27(29)23-18(5)11-15(2)12-19(23)6/h7-12,20-21,24-25H,13H2,1-6H3/t20-,21+,24-,25+. The predicted octanol–water partition coefficient (Wildman–Crippen LogP) is 6.04. The second kappa shape index (κ2) is 7.09. The van der Waals surface area contributed by atoms with Crippen LogP contribution in [0.15, 0.2) is 36.4 Å². The summed E-state index contributed by atoms with van der Waals surface area (Å²) in [5.41, 5.74) is 8.06. The minimum Gasteiger partial charge on any atom is -0.294 e. The summed E-state index contributed by atoms with van der Waals surface area (Å²) in [6.07, 6.45) is 5.26. The van der Waals surface area contributed by atoms with E-state index in [9.17, 15) is 9.59 Å². The van der Waals surface area contributed by atoms with Crippen LogP contribution in [0.1, 0.15) is 60.5 Å². The van der Waals surface area contributed by atoms with E-state index in [2.05, 4.69) is 50.3 Å². The van der Waals surface area contributed by atoms with Crippen molar-refractivity contribution in [3.05, 3.63) is 80.9 Å². The summed E-state index contributed by atoms with van der Waals surface area (Å²) in [5.74, 6) is 0.144. The van der Waals surface area contributed by atoms with Gasteiger partial charge >= 0.3 is 0 Å². The lowest BCUT2D eigenvalue weighted by molar-refractivity contribution is 0.0751. The van der Waals surface area contributed by atoms with Gasteiger partial charge in [-0.1, -0.05) is 47.5 Å². The van der Waals surface area contributed by atoms with Crippen molar-refractivity contribution < 1.29 is 9.59 Å². The van der Waals surface area contributed by atoms with E-state index in [1.807, 2.05) is 27.7 Å². The van der Waals surface area contributed by atoms with Crippen LogP contribution in [0.5, 0.6) is 0 Å². The zero-order valence-electron chi connectivity index (χ0n) is 18.3. The Morgan fingerprint density at radius 2 is 0.931 bits per heavy atom. The Bertz CT molecular complexity index is 927. The molecule has 0 aliphatic heterocycles. The van der Waals surface area contributed by atoms with Crippen molar-refractivity contribution in [3.8, 4) is 0 Å². The number of Topliss-reactive ketones (excluding diaryl/α,β-unsaturated/α-hetero) is 2. The summed E-state index contributed by atoms with van der Waals surface area (Å²) in [4.78, 5) is 27.5. The summed E-state index contributed by atoms with van der Waals surface area (Å²) in [6.45, 7) is 12.2. The molecule has 2 aliphatic carbocycles. The largest absolute Gasteiger partial charge is 0.294 e. The fourth-order valence-electron chi connectivity index (χ4n) is 6.01. The third kappa shape index (κ3) is 3.19. The molecule has 150 valence electrons. The highest BCUT2D eigenvalue weighted by atomic mass is 16.1. The topological polar surface area (TPSA) is 34.1 Å². The molecule has 0 amide bonds. The van der Waals surface area contributed by atoms with Crippen molar-refractivity contribution in [1.82, 2.24) is 0 Å². The van der Waals surface area contributed by atoms with Gasteiger partial charge in [-0.3, -0.25) is 9.59 Å². The smallest absolute Gasteiger partial charge is 0.167 e. The van der Waals surface area contributed by atoms with Gasteiger partial charge in [0.15, 0.2) is 11.6 Å². The van der Waals surface area contributed by atoms with Crippen LogP contribution in [-0.2, 0) is 0 Å². The van der Waals surface area contributed by atoms with Crippen molar-refractivity contribution in [2.75, 3.05) is 0 Å². The highest BCUT2D eigenvalue weighted by molar-refractivity contribution is 6.08. The normalized spacial score (nSPS) is 24.9. The first-order chi connectivity index (χ1) is 13.7. The van der Waals surface area contributed by atoms with Crippen molar-refractivity contribution in [1.29, 1.82) is 0 Å². The molecule has 1 fully saturated rings. The van der Waals surface area contributed by atoms with Crippen LogP contribution in [0.4, 0.5) is 0 Å². The maximum absolute atomic E-state index is 13.8. The molecular formula is C27H30O2. The molecule has 0 heterocycles. The summed E-state index contributed by atoms with van der Waals surface area (Å²) in [6, 6.07) is 8.31. The van der Waals surface area contributed by atoms with Crippen molar-refractivity contribution >= 4 is 11.6 Å². The Balaban J connectivity index is 1.78. The quantitative estimate of drug-likeness (QED) is 0.474. The second-order valence-corrected chi connectivity index (χ2v) is 9.28. The van der Waals surface area contributed by atoms with Crippen LogP contribution in [-0.4, -0.2) is 11.6 Å². The molecule has 29 heavy (non-hydrogen) atoms. The average Bonchev–Trinajstić information content (AvgIpc) is 3.20. The number of aryl methyl sites for hydroxylation is 6. The van der Waals surface area contributed by atoms with Crippen LogP contribution >= 0.6 is 0 Å². The van der Waals surface area contributed by atoms with Crippen LogP contribution in [0, 0.1) is 65.2 Å². The summed E-state index contributed by atoms with van der Waals surface area (Å²) >= 11 is 0. The highest BCUT2D eigenvalue weighted by Gasteiger charge is 2.52. The molecule has 2 nitrogen and oxygen atoms in total. The second-order valence-electron chi connectivity index (χ2n) is 9.28.